The maximum Gasteiger partial charge on any atom is 0.155 e. The molecule has 0 spiro atoms. The van der Waals surface area contributed by atoms with Gasteiger partial charge in [-0.05, 0) is 26.7 Å². The Morgan fingerprint density at radius 3 is 2.88 bits per heavy atom. The van der Waals surface area contributed by atoms with E-state index >= 15 is 0 Å². The molecule has 2 aliphatic rings. The van der Waals surface area contributed by atoms with Crippen molar-refractivity contribution in [2.24, 2.45) is 7.05 Å². The molecular formula is C18H22N6. The first kappa shape index (κ1) is 14.2. The monoisotopic (exact) mass is 322 g/mol. The molecule has 0 radical (unpaired) electrons. The lowest BCUT2D eigenvalue weighted by atomic mass is 9.98. The first-order valence-electron chi connectivity index (χ1n) is 8.69. The van der Waals surface area contributed by atoms with Gasteiger partial charge < -0.3 is 0 Å². The Morgan fingerprint density at radius 2 is 2.08 bits per heavy atom. The largest absolute Gasteiger partial charge is 0.288 e. The highest BCUT2D eigenvalue weighted by Crippen LogP contribution is 2.44. The summed E-state index contributed by atoms with van der Waals surface area (Å²) >= 11 is 0. The molecule has 6 heteroatoms. The minimum atomic E-state index is 0.458. The van der Waals surface area contributed by atoms with Gasteiger partial charge in [-0.1, -0.05) is 0 Å². The van der Waals surface area contributed by atoms with Crippen molar-refractivity contribution >= 4 is 5.65 Å². The van der Waals surface area contributed by atoms with E-state index in [0.29, 0.717) is 12.1 Å². The van der Waals surface area contributed by atoms with Crippen LogP contribution in [0.4, 0.5) is 0 Å². The summed E-state index contributed by atoms with van der Waals surface area (Å²) in [5.74, 6) is 0. The molecule has 0 amide bonds. The summed E-state index contributed by atoms with van der Waals surface area (Å²) in [7, 11) is 2.01. The van der Waals surface area contributed by atoms with Crippen LogP contribution in [0, 0.1) is 13.8 Å². The van der Waals surface area contributed by atoms with Crippen molar-refractivity contribution < 1.29 is 0 Å². The maximum absolute atomic E-state index is 4.67. The molecule has 2 bridgehead atoms. The number of fused-ring (bicyclic) bond motifs is 6. The van der Waals surface area contributed by atoms with Crippen molar-refractivity contribution in [2.75, 3.05) is 0 Å². The van der Waals surface area contributed by atoms with E-state index in [1.54, 1.807) is 0 Å². The van der Waals surface area contributed by atoms with Crippen LogP contribution in [-0.4, -0.2) is 35.3 Å². The number of nitrogens with zero attached hydrogens (tertiary/aromatic N) is 6. The van der Waals surface area contributed by atoms with Crippen LogP contribution < -0.4 is 0 Å². The summed E-state index contributed by atoms with van der Waals surface area (Å²) < 4.78 is 4.04. The molecule has 24 heavy (non-hydrogen) atoms. The Labute approximate surface area is 141 Å². The second-order valence-corrected chi connectivity index (χ2v) is 7.22. The van der Waals surface area contributed by atoms with Gasteiger partial charge in [-0.15, -0.1) is 0 Å². The Morgan fingerprint density at radius 1 is 1.21 bits per heavy atom. The SMILES string of the molecule is Cc1cc2ncc3c(n2n1)CC1CCC3N1Cc1cnn(C)c1C. The lowest BCUT2D eigenvalue weighted by Gasteiger charge is -2.36. The van der Waals surface area contributed by atoms with Crippen molar-refractivity contribution in [1.29, 1.82) is 0 Å². The van der Waals surface area contributed by atoms with Gasteiger partial charge in [0.25, 0.3) is 0 Å². The summed E-state index contributed by atoms with van der Waals surface area (Å²) in [5.41, 5.74) is 7.33. The molecule has 5 heterocycles. The van der Waals surface area contributed by atoms with Gasteiger partial charge in [0.05, 0.1) is 17.6 Å². The summed E-state index contributed by atoms with van der Waals surface area (Å²) in [6, 6.07) is 3.12. The molecule has 0 saturated carbocycles. The molecule has 124 valence electrons. The first-order valence-corrected chi connectivity index (χ1v) is 8.69. The standard InChI is InChI=1S/C18H22N6/c1-11-6-18-19-9-15-16-5-4-14(7-17(15)24(18)21-11)23(16)10-13-8-20-22(3)12(13)2/h6,8-9,14,16H,4-5,7,10H2,1-3H3. The van der Waals surface area contributed by atoms with Crippen LogP contribution in [0.25, 0.3) is 5.65 Å². The van der Waals surface area contributed by atoms with Gasteiger partial charge in [-0.3, -0.25) is 9.58 Å². The lowest BCUT2D eigenvalue weighted by molar-refractivity contribution is 0.164. The van der Waals surface area contributed by atoms with E-state index in [9.17, 15) is 0 Å². The smallest absolute Gasteiger partial charge is 0.155 e. The Hall–Kier alpha value is -2.21. The fourth-order valence-electron chi connectivity index (χ4n) is 4.44. The number of hydrogen-bond donors (Lipinski definition) is 0. The third-order valence-corrected chi connectivity index (χ3v) is 5.86. The van der Waals surface area contributed by atoms with Crippen LogP contribution in [0.5, 0.6) is 0 Å². The Bertz CT molecular complexity index is 937. The zero-order valence-electron chi connectivity index (χ0n) is 14.4. The van der Waals surface area contributed by atoms with E-state index in [2.05, 4.69) is 43.8 Å². The lowest BCUT2D eigenvalue weighted by Crippen LogP contribution is -2.38. The second-order valence-electron chi connectivity index (χ2n) is 7.22. The van der Waals surface area contributed by atoms with E-state index in [1.807, 2.05) is 24.9 Å². The minimum absolute atomic E-state index is 0.458. The predicted octanol–water partition coefficient (Wildman–Crippen LogP) is 2.34. The fourth-order valence-corrected chi connectivity index (χ4v) is 4.44. The number of aromatic nitrogens is 5. The first-order chi connectivity index (χ1) is 11.6. The second kappa shape index (κ2) is 4.89. The molecule has 3 aromatic heterocycles. The van der Waals surface area contributed by atoms with Gasteiger partial charge in [0, 0.05) is 61.2 Å². The van der Waals surface area contributed by atoms with Crippen LogP contribution in [0.15, 0.2) is 18.5 Å². The van der Waals surface area contributed by atoms with Gasteiger partial charge in [-0.25, -0.2) is 9.50 Å². The molecule has 5 rings (SSSR count). The zero-order valence-corrected chi connectivity index (χ0v) is 14.4. The van der Waals surface area contributed by atoms with E-state index in [-0.39, 0.29) is 0 Å². The number of rotatable bonds is 2. The predicted molar refractivity (Wildman–Crippen MR) is 90.7 cm³/mol. The van der Waals surface area contributed by atoms with Crippen LogP contribution >= 0.6 is 0 Å². The van der Waals surface area contributed by atoms with E-state index in [0.717, 1.165) is 24.3 Å². The normalized spacial score (nSPS) is 23.1. The van der Waals surface area contributed by atoms with Crippen LogP contribution in [0.3, 0.4) is 0 Å². The third-order valence-electron chi connectivity index (χ3n) is 5.86. The number of aryl methyl sites for hydroxylation is 2. The maximum atomic E-state index is 4.67. The molecule has 1 saturated heterocycles. The molecule has 3 aromatic rings. The highest BCUT2D eigenvalue weighted by atomic mass is 15.3. The number of hydrogen-bond acceptors (Lipinski definition) is 4. The highest BCUT2D eigenvalue weighted by molar-refractivity contribution is 5.44. The quantitative estimate of drug-likeness (QED) is 0.727. The van der Waals surface area contributed by atoms with Gasteiger partial charge in [0.1, 0.15) is 0 Å². The van der Waals surface area contributed by atoms with Crippen molar-refractivity contribution in [3.63, 3.8) is 0 Å². The van der Waals surface area contributed by atoms with E-state index < -0.39 is 0 Å². The highest BCUT2D eigenvalue weighted by Gasteiger charge is 2.41. The van der Waals surface area contributed by atoms with E-state index in [1.165, 1.54) is 35.4 Å². The summed E-state index contributed by atoms with van der Waals surface area (Å²) in [5, 5.41) is 9.08. The van der Waals surface area contributed by atoms with Crippen molar-refractivity contribution in [3.05, 3.63) is 46.7 Å². The summed E-state index contributed by atoms with van der Waals surface area (Å²) in [4.78, 5) is 7.30. The molecule has 2 atom stereocenters. The topological polar surface area (TPSA) is 51.2 Å². The zero-order chi connectivity index (χ0) is 16.4. The molecule has 1 fully saturated rings. The van der Waals surface area contributed by atoms with Crippen LogP contribution in [-0.2, 0) is 20.0 Å². The molecule has 0 aromatic carbocycles. The average molecular weight is 322 g/mol. The van der Waals surface area contributed by atoms with Gasteiger partial charge in [-0.2, -0.15) is 10.2 Å². The minimum Gasteiger partial charge on any atom is -0.288 e. The molecule has 0 N–H and O–H groups in total. The summed E-state index contributed by atoms with van der Waals surface area (Å²) in [6.45, 7) is 5.17. The van der Waals surface area contributed by atoms with Gasteiger partial charge >= 0.3 is 0 Å². The van der Waals surface area contributed by atoms with Crippen LogP contribution in [0.2, 0.25) is 0 Å². The van der Waals surface area contributed by atoms with Crippen molar-refractivity contribution in [3.8, 4) is 0 Å². The fraction of sp³-hybridized carbons (Fsp3) is 0.500. The molecule has 0 aliphatic carbocycles. The van der Waals surface area contributed by atoms with Gasteiger partial charge in [0.15, 0.2) is 5.65 Å². The molecular weight excluding hydrogens is 300 g/mol. The third kappa shape index (κ3) is 1.89. The Kier molecular flexibility index (Phi) is 2.89. The van der Waals surface area contributed by atoms with Crippen molar-refractivity contribution in [1.82, 2.24) is 29.3 Å². The van der Waals surface area contributed by atoms with Crippen LogP contribution in [0.1, 0.15) is 47.1 Å². The average Bonchev–Trinajstić information content (AvgIpc) is 3.18. The summed E-state index contributed by atoms with van der Waals surface area (Å²) in [6.07, 6.45) is 7.62. The Balaban J connectivity index is 1.55. The molecule has 2 unspecified atom stereocenters. The van der Waals surface area contributed by atoms with Gasteiger partial charge in [0.2, 0.25) is 0 Å². The molecule has 6 nitrogen and oxygen atoms in total. The van der Waals surface area contributed by atoms with E-state index in [4.69, 9.17) is 0 Å². The molecule has 2 aliphatic heterocycles. The van der Waals surface area contributed by atoms with Crippen molar-refractivity contribution in [2.45, 2.75) is 51.7 Å².